The van der Waals surface area contributed by atoms with E-state index in [2.05, 4.69) is 16.9 Å². The van der Waals surface area contributed by atoms with Crippen LogP contribution in [0.5, 0.6) is 0 Å². The Morgan fingerprint density at radius 1 is 1.21 bits per heavy atom. The van der Waals surface area contributed by atoms with E-state index in [1.54, 1.807) is 0 Å². The van der Waals surface area contributed by atoms with E-state index >= 15 is 0 Å². The van der Waals surface area contributed by atoms with Crippen molar-refractivity contribution in [3.63, 3.8) is 0 Å². The van der Waals surface area contributed by atoms with Gasteiger partial charge in [-0.05, 0) is 56.5 Å². The predicted octanol–water partition coefficient (Wildman–Crippen LogP) is 2.56. The molecule has 0 spiro atoms. The average Bonchev–Trinajstić information content (AvgIpc) is 2.46. The number of hydrogen-bond acceptors (Lipinski definition) is 3. The zero-order valence-corrected chi connectivity index (χ0v) is 12.9. The molecule has 1 amide bonds. The van der Waals surface area contributed by atoms with Gasteiger partial charge in [0.1, 0.15) is 0 Å². The SMILES string of the molecule is CSCCCCNC(=O)C1CCC2CCCCC2N1. The fourth-order valence-electron chi connectivity index (χ4n) is 3.41. The number of amides is 1. The second-order valence-electron chi connectivity index (χ2n) is 5.94. The molecule has 0 radical (unpaired) electrons. The molecule has 2 N–H and O–H groups in total. The van der Waals surface area contributed by atoms with Crippen LogP contribution in [0.25, 0.3) is 0 Å². The van der Waals surface area contributed by atoms with E-state index in [1.165, 1.54) is 44.3 Å². The van der Waals surface area contributed by atoms with E-state index in [0.29, 0.717) is 6.04 Å². The molecule has 0 aromatic carbocycles. The van der Waals surface area contributed by atoms with Crippen molar-refractivity contribution in [1.29, 1.82) is 0 Å². The minimum atomic E-state index is 0.0694. The molecule has 0 aromatic rings. The Labute approximate surface area is 121 Å². The van der Waals surface area contributed by atoms with Gasteiger partial charge in [-0.25, -0.2) is 0 Å². The standard InChI is InChI=1S/C15H28N2OS/c1-19-11-5-4-10-16-15(18)14-9-8-12-6-2-3-7-13(12)17-14/h12-14,17H,2-11H2,1H3,(H,16,18). The molecule has 1 saturated carbocycles. The summed E-state index contributed by atoms with van der Waals surface area (Å²) in [6, 6.07) is 0.676. The maximum atomic E-state index is 12.1. The van der Waals surface area contributed by atoms with Crippen molar-refractivity contribution < 1.29 is 4.79 Å². The molecule has 2 fully saturated rings. The summed E-state index contributed by atoms with van der Waals surface area (Å²) in [7, 11) is 0. The first kappa shape index (κ1) is 15.2. The molecule has 1 aliphatic heterocycles. The van der Waals surface area contributed by atoms with Crippen molar-refractivity contribution in [3.05, 3.63) is 0 Å². The van der Waals surface area contributed by atoms with Gasteiger partial charge in [0.25, 0.3) is 0 Å². The van der Waals surface area contributed by atoms with Crippen LogP contribution in [-0.2, 0) is 4.79 Å². The fraction of sp³-hybridized carbons (Fsp3) is 0.933. The smallest absolute Gasteiger partial charge is 0.237 e. The van der Waals surface area contributed by atoms with Gasteiger partial charge in [-0.2, -0.15) is 11.8 Å². The summed E-state index contributed by atoms with van der Waals surface area (Å²) in [5, 5.41) is 6.69. The van der Waals surface area contributed by atoms with E-state index in [4.69, 9.17) is 0 Å². The van der Waals surface area contributed by atoms with Crippen LogP contribution in [0.4, 0.5) is 0 Å². The summed E-state index contributed by atoms with van der Waals surface area (Å²) in [5.74, 6) is 2.26. The van der Waals surface area contributed by atoms with Crippen molar-refractivity contribution in [3.8, 4) is 0 Å². The van der Waals surface area contributed by atoms with Gasteiger partial charge in [0.05, 0.1) is 6.04 Å². The minimum absolute atomic E-state index is 0.0694. The van der Waals surface area contributed by atoms with Crippen LogP contribution in [0.15, 0.2) is 0 Å². The molecule has 2 aliphatic rings. The Kier molecular flexibility index (Phi) is 6.51. The molecule has 1 heterocycles. The third-order valence-corrected chi connectivity index (χ3v) is 5.24. The van der Waals surface area contributed by atoms with Crippen LogP contribution in [0, 0.1) is 5.92 Å². The Morgan fingerprint density at radius 2 is 2.05 bits per heavy atom. The summed E-state index contributed by atoms with van der Waals surface area (Å²) in [6.07, 6.45) is 12.0. The number of carbonyl (C=O) groups excluding carboxylic acids is 1. The Morgan fingerprint density at radius 3 is 2.89 bits per heavy atom. The molecular formula is C15H28N2OS. The monoisotopic (exact) mass is 284 g/mol. The summed E-state index contributed by atoms with van der Waals surface area (Å²) in [5.41, 5.74) is 0. The van der Waals surface area contributed by atoms with Crippen molar-refractivity contribution in [2.24, 2.45) is 5.92 Å². The molecule has 0 bridgehead atoms. The number of piperidine rings is 1. The van der Waals surface area contributed by atoms with Gasteiger partial charge in [-0.3, -0.25) is 4.79 Å². The van der Waals surface area contributed by atoms with Crippen LogP contribution in [0.2, 0.25) is 0 Å². The first-order valence-electron chi connectivity index (χ1n) is 7.84. The van der Waals surface area contributed by atoms with Crippen LogP contribution < -0.4 is 10.6 Å². The number of hydrogen-bond donors (Lipinski definition) is 2. The predicted molar refractivity (Wildman–Crippen MR) is 82.5 cm³/mol. The highest BCUT2D eigenvalue weighted by molar-refractivity contribution is 7.98. The third kappa shape index (κ3) is 4.67. The van der Waals surface area contributed by atoms with Crippen molar-refractivity contribution in [2.75, 3.05) is 18.6 Å². The van der Waals surface area contributed by atoms with Crippen LogP contribution in [0.1, 0.15) is 51.4 Å². The molecule has 4 heteroatoms. The molecule has 110 valence electrons. The summed E-state index contributed by atoms with van der Waals surface area (Å²) >= 11 is 1.88. The molecule has 0 aromatic heterocycles. The molecule has 1 saturated heterocycles. The summed E-state index contributed by atoms with van der Waals surface area (Å²) in [6.45, 7) is 0.839. The lowest BCUT2D eigenvalue weighted by Gasteiger charge is -2.39. The van der Waals surface area contributed by atoms with Gasteiger partial charge in [0.2, 0.25) is 5.91 Å². The van der Waals surface area contributed by atoms with Crippen molar-refractivity contribution >= 4 is 17.7 Å². The number of unbranched alkanes of at least 4 members (excludes halogenated alkanes) is 1. The molecule has 1 aliphatic carbocycles. The third-order valence-electron chi connectivity index (χ3n) is 4.54. The van der Waals surface area contributed by atoms with E-state index in [-0.39, 0.29) is 11.9 Å². The molecule has 3 unspecified atom stereocenters. The highest BCUT2D eigenvalue weighted by Gasteiger charge is 2.34. The van der Waals surface area contributed by atoms with Crippen LogP contribution >= 0.6 is 11.8 Å². The molecule has 3 atom stereocenters. The second kappa shape index (κ2) is 8.15. The largest absolute Gasteiger partial charge is 0.355 e. The number of fused-ring (bicyclic) bond motifs is 1. The topological polar surface area (TPSA) is 41.1 Å². The molecule has 19 heavy (non-hydrogen) atoms. The summed E-state index contributed by atoms with van der Waals surface area (Å²) < 4.78 is 0. The van der Waals surface area contributed by atoms with Crippen LogP contribution in [-0.4, -0.2) is 36.5 Å². The normalized spacial score (nSPS) is 30.7. The number of rotatable bonds is 6. The van der Waals surface area contributed by atoms with Gasteiger partial charge < -0.3 is 10.6 Å². The fourth-order valence-corrected chi connectivity index (χ4v) is 3.90. The number of carbonyl (C=O) groups is 1. The maximum absolute atomic E-state index is 12.1. The van der Waals surface area contributed by atoms with Gasteiger partial charge in [0, 0.05) is 12.6 Å². The Balaban J connectivity index is 1.65. The lowest BCUT2D eigenvalue weighted by Crippen LogP contribution is -2.55. The first-order chi connectivity index (χ1) is 9.31. The lowest BCUT2D eigenvalue weighted by atomic mass is 9.77. The van der Waals surface area contributed by atoms with Gasteiger partial charge in [0.15, 0.2) is 0 Å². The zero-order chi connectivity index (χ0) is 13.5. The van der Waals surface area contributed by atoms with Crippen molar-refractivity contribution in [1.82, 2.24) is 10.6 Å². The second-order valence-corrected chi connectivity index (χ2v) is 6.92. The average molecular weight is 284 g/mol. The van der Waals surface area contributed by atoms with E-state index in [9.17, 15) is 4.79 Å². The Bertz CT molecular complexity index is 285. The molecule has 3 nitrogen and oxygen atoms in total. The van der Waals surface area contributed by atoms with E-state index in [1.807, 2.05) is 11.8 Å². The summed E-state index contributed by atoms with van der Waals surface area (Å²) in [4.78, 5) is 12.1. The van der Waals surface area contributed by atoms with Gasteiger partial charge in [-0.1, -0.05) is 12.8 Å². The first-order valence-corrected chi connectivity index (χ1v) is 9.23. The highest BCUT2D eigenvalue weighted by atomic mass is 32.2. The number of nitrogens with one attached hydrogen (secondary N) is 2. The molecular weight excluding hydrogens is 256 g/mol. The maximum Gasteiger partial charge on any atom is 0.237 e. The zero-order valence-electron chi connectivity index (χ0n) is 12.1. The molecule has 2 rings (SSSR count). The van der Waals surface area contributed by atoms with Gasteiger partial charge >= 0.3 is 0 Å². The number of thioether (sulfide) groups is 1. The van der Waals surface area contributed by atoms with Crippen molar-refractivity contribution in [2.45, 2.75) is 63.5 Å². The van der Waals surface area contributed by atoms with Crippen LogP contribution in [0.3, 0.4) is 0 Å². The highest BCUT2D eigenvalue weighted by Crippen LogP contribution is 2.32. The lowest BCUT2D eigenvalue weighted by molar-refractivity contribution is -0.124. The minimum Gasteiger partial charge on any atom is -0.355 e. The Hall–Kier alpha value is -0.220. The van der Waals surface area contributed by atoms with E-state index in [0.717, 1.165) is 25.3 Å². The van der Waals surface area contributed by atoms with Gasteiger partial charge in [-0.15, -0.1) is 0 Å². The van der Waals surface area contributed by atoms with E-state index < -0.39 is 0 Å². The quantitative estimate of drug-likeness (QED) is 0.737.